The van der Waals surface area contributed by atoms with Gasteiger partial charge in [-0.3, -0.25) is 9.36 Å². The van der Waals surface area contributed by atoms with Crippen molar-refractivity contribution >= 4 is 17.4 Å². The van der Waals surface area contributed by atoms with Crippen LogP contribution in [0, 0.1) is 5.82 Å². The number of carbonyl (C=O) groups excluding carboxylic acids is 1. The number of ketones is 1. The number of benzene rings is 3. The van der Waals surface area contributed by atoms with Crippen LogP contribution in [0.25, 0.3) is 11.4 Å². The number of aromatic hydroxyl groups is 1. The highest BCUT2D eigenvalue weighted by molar-refractivity contribution is 6.30. The average molecular weight is 562 g/mol. The minimum Gasteiger partial charge on any atom is -0.507 e. The summed E-state index contributed by atoms with van der Waals surface area (Å²) in [6.45, 7) is 2.56. The molecule has 0 aliphatic heterocycles. The highest BCUT2D eigenvalue weighted by Crippen LogP contribution is 2.34. The molecule has 1 aromatic heterocycles. The van der Waals surface area contributed by atoms with Gasteiger partial charge in [-0.15, -0.1) is 5.10 Å². The molecule has 0 atom stereocenters. The predicted octanol–water partition coefficient (Wildman–Crippen LogP) is 6.21. The number of phenols is 1. The Hall–Kier alpha value is -3.92. The Morgan fingerprint density at radius 1 is 1.00 bits per heavy atom. The molecule has 0 aliphatic rings. The van der Waals surface area contributed by atoms with Crippen LogP contribution in [0.15, 0.2) is 71.5 Å². The molecule has 6 nitrogen and oxygen atoms in total. The molecule has 204 valence electrons. The van der Waals surface area contributed by atoms with Gasteiger partial charge in [0.1, 0.15) is 18.1 Å². The molecule has 3 aromatic carbocycles. The van der Waals surface area contributed by atoms with Crippen LogP contribution in [0.4, 0.5) is 17.6 Å². The summed E-state index contributed by atoms with van der Waals surface area (Å²) in [6, 6.07) is 14.8. The van der Waals surface area contributed by atoms with Gasteiger partial charge in [0.05, 0.1) is 17.7 Å². The number of Topliss-reactive ketones (excluding diaryl/α,β-unsaturated/α-hetero) is 1. The predicted molar refractivity (Wildman–Crippen MR) is 138 cm³/mol. The smallest absolute Gasteiger partial charge is 0.416 e. The number of nitrogens with zero attached hydrogens (tertiary/aromatic N) is 3. The lowest BCUT2D eigenvalue weighted by Gasteiger charge is -2.25. The minimum absolute atomic E-state index is 0.0117. The van der Waals surface area contributed by atoms with E-state index in [0.29, 0.717) is 5.56 Å². The van der Waals surface area contributed by atoms with Gasteiger partial charge in [-0.2, -0.15) is 13.2 Å². The van der Waals surface area contributed by atoms with Gasteiger partial charge in [-0.1, -0.05) is 61.8 Å². The van der Waals surface area contributed by atoms with Crippen LogP contribution in [0.2, 0.25) is 5.02 Å². The number of phenolic OH excluding ortho intramolecular Hbond substituents is 1. The lowest BCUT2D eigenvalue weighted by Crippen LogP contribution is -2.31. The summed E-state index contributed by atoms with van der Waals surface area (Å²) in [7, 11) is 0. The largest absolute Gasteiger partial charge is 0.507 e. The van der Waals surface area contributed by atoms with Crippen molar-refractivity contribution in [1.82, 2.24) is 14.3 Å². The van der Waals surface area contributed by atoms with E-state index in [-0.39, 0.29) is 40.7 Å². The summed E-state index contributed by atoms with van der Waals surface area (Å²) < 4.78 is 56.0. The van der Waals surface area contributed by atoms with Crippen molar-refractivity contribution < 1.29 is 27.5 Å². The number of halogens is 5. The molecule has 0 saturated heterocycles. The van der Waals surface area contributed by atoms with Crippen molar-refractivity contribution in [3.8, 4) is 17.1 Å². The highest BCUT2D eigenvalue weighted by atomic mass is 35.5. The summed E-state index contributed by atoms with van der Waals surface area (Å²) in [5.41, 5.74) is -1.89. The fraction of sp³-hybridized carbons (Fsp3) is 0.250. The van der Waals surface area contributed by atoms with Crippen LogP contribution >= 0.6 is 11.6 Å². The molecular formula is C28H24ClF4N3O3. The second-order valence-corrected chi connectivity index (χ2v) is 10.2. The molecule has 1 N–H and O–H groups in total. The second-order valence-electron chi connectivity index (χ2n) is 9.78. The number of aromatic nitrogens is 3. The Labute approximate surface area is 226 Å². The van der Waals surface area contributed by atoms with E-state index in [1.54, 1.807) is 19.9 Å². The van der Waals surface area contributed by atoms with E-state index in [1.165, 1.54) is 48.5 Å². The molecule has 0 unspecified atom stereocenters. The highest BCUT2D eigenvalue weighted by Gasteiger charge is 2.33. The molecule has 4 aromatic rings. The topological polar surface area (TPSA) is 77.1 Å². The van der Waals surface area contributed by atoms with E-state index in [9.17, 15) is 32.3 Å². The van der Waals surface area contributed by atoms with Gasteiger partial charge in [-0.25, -0.2) is 13.9 Å². The van der Waals surface area contributed by atoms with E-state index in [2.05, 4.69) is 5.10 Å². The zero-order valence-corrected chi connectivity index (χ0v) is 21.7. The Kier molecular flexibility index (Phi) is 7.70. The quantitative estimate of drug-likeness (QED) is 0.259. The number of hydrogen-bond donors (Lipinski definition) is 1. The molecule has 1 heterocycles. The van der Waals surface area contributed by atoms with Crippen LogP contribution in [-0.4, -0.2) is 25.2 Å². The standard InChI is InChI=1S/C28H24ClF4N3O3/c1-27(2,18-7-5-8-19(12-18)28(31,32)33)14-21(37)16-36-26(39)35(15-17-6-3-4-9-23(17)30)25(34-36)22-11-10-20(29)13-24(22)38/h3-13,38H,14-16H2,1-2H3. The molecule has 0 spiro atoms. The fourth-order valence-electron chi connectivity index (χ4n) is 4.31. The molecule has 0 bridgehead atoms. The summed E-state index contributed by atoms with van der Waals surface area (Å²) in [5, 5.41) is 15.0. The molecule has 11 heteroatoms. The van der Waals surface area contributed by atoms with Crippen LogP contribution in [0.1, 0.15) is 37.0 Å². The first kappa shape index (κ1) is 28.1. The van der Waals surface area contributed by atoms with Crippen LogP contribution in [-0.2, 0) is 29.5 Å². The number of hydrogen-bond acceptors (Lipinski definition) is 4. The Bertz CT molecular complexity index is 1590. The van der Waals surface area contributed by atoms with Gasteiger partial charge in [0, 0.05) is 17.0 Å². The lowest BCUT2D eigenvalue weighted by atomic mass is 9.79. The number of alkyl halides is 3. The maximum atomic E-state index is 14.4. The van der Waals surface area contributed by atoms with Crippen molar-refractivity contribution in [3.05, 3.63) is 105 Å². The minimum atomic E-state index is -4.53. The Balaban J connectivity index is 1.67. The maximum absolute atomic E-state index is 14.4. The zero-order valence-electron chi connectivity index (χ0n) is 21.0. The monoisotopic (exact) mass is 561 g/mol. The third-order valence-electron chi connectivity index (χ3n) is 6.35. The molecule has 0 aliphatic carbocycles. The second kappa shape index (κ2) is 10.7. The van der Waals surface area contributed by atoms with Crippen molar-refractivity contribution in [2.24, 2.45) is 0 Å². The van der Waals surface area contributed by atoms with E-state index in [4.69, 9.17) is 11.6 Å². The van der Waals surface area contributed by atoms with Gasteiger partial charge in [-0.05, 0) is 41.3 Å². The fourth-order valence-corrected chi connectivity index (χ4v) is 4.48. The number of carbonyl (C=O) groups is 1. The van der Waals surface area contributed by atoms with Crippen molar-refractivity contribution in [2.75, 3.05) is 0 Å². The SMILES string of the molecule is CC(C)(CC(=O)Cn1nc(-c2ccc(Cl)cc2O)n(Cc2ccccc2F)c1=O)c1cccc(C(F)(F)F)c1. The molecule has 0 fully saturated rings. The first-order valence-corrected chi connectivity index (χ1v) is 12.2. The zero-order chi connectivity index (χ0) is 28.5. The Morgan fingerprint density at radius 2 is 1.69 bits per heavy atom. The summed E-state index contributed by atoms with van der Waals surface area (Å²) in [4.78, 5) is 26.4. The summed E-state index contributed by atoms with van der Waals surface area (Å²) in [6.07, 6.45) is -4.71. The average Bonchev–Trinajstić information content (AvgIpc) is 3.14. The van der Waals surface area contributed by atoms with E-state index >= 15 is 0 Å². The lowest BCUT2D eigenvalue weighted by molar-refractivity contribution is -0.137. The summed E-state index contributed by atoms with van der Waals surface area (Å²) in [5.74, 6) is -1.29. The van der Waals surface area contributed by atoms with Crippen LogP contribution in [0.3, 0.4) is 0 Å². The van der Waals surface area contributed by atoms with E-state index in [0.717, 1.165) is 21.4 Å². The van der Waals surface area contributed by atoms with Gasteiger partial charge in [0.25, 0.3) is 0 Å². The van der Waals surface area contributed by atoms with Gasteiger partial charge in [0.2, 0.25) is 0 Å². The maximum Gasteiger partial charge on any atom is 0.416 e. The Morgan fingerprint density at radius 3 is 2.36 bits per heavy atom. The van der Waals surface area contributed by atoms with Gasteiger partial charge in [0.15, 0.2) is 11.6 Å². The van der Waals surface area contributed by atoms with Crippen LogP contribution in [0.5, 0.6) is 5.75 Å². The third-order valence-corrected chi connectivity index (χ3v) is 6.58. The normalized spacial score (nSPS) is 12.1. The molecule has 0 saturated carbocycles. The third kappa shape index (κ3) is 6.22. The van der Waals surface area contributed by atoms with Gasteiger partial charge < -0.3 is 5.11 Å². The van der Waals surface area contributed by atoms with Crippen molar-refractivity contribution in [2.45, 2.75) is 44.9 Å². The first-order chi connectivity index (χ1) is 18.3. The van der Waals surface area contributed by atoms with Crippen LogP contribution < -0.4 is 5.69 Å². The molecule has 4 rings (SSSR count). The molecular weight excluding hydrogens is 538 g/mol. The molecule has 0 radical (unpaired) electrons. The van der Waals surface area contributed by atoms with E-state index < -0.39 is 41.0 Å². The van der Waals surface area contributed by atoms with Crippen molar-refractivity contribution in [3.63, 3.8) is 0 Å². The summed E-state index contributed by atoms with van der Waals surface area (Å²) >= 11 is 5.94. The molecule has 39 heavy (non-hydrogen) atoms. The molecule has 0 amide bonds. The van der Waals surface area contributed by atoms with Gasteiger partial charge >= 0.3 is 11.9 Å². The number of rotatable bonds is 8. The van der Waals surface area contributed by atoms with Crippen molar-refractivity contribution in [1.29, 1.82) is 0 Å². The van der Waals surface area contributed by atoms with E-state index in [1.807, 2.05) is 0 Å². The first-order valence-electron chi connectivity index (χ1n) is 11.9.